The summed E-state index contributed by atoms with van der Waals surface area (Å²) in [5, 5.41) is 75.2. The number of aliphatic hydroxyl groups excluding tert-OH is 6. The van der Waals surface area contributed by atoms with Gasteiger partial charge in [0.1, 0.15) is 0 Å². The van der Waals surface area contributed by atoms with Crippen molar-refractivity contribution in [1.82, 2.24) is 0 Å². The van der Waals surface area contributed by atoms with Gasteiger partial charge in [-0.05, 0) is 195 Å². The van der Waals surface area contributed by atoms with Gasteiger partial charge in [-0.15, -0.1) is 0 Å². The van der Waals surface area contributed by atoms with Gasteiger partial charge in [0.2, 0.25) is 0 Å². The predicted molar refractivity (Wildman–Crippen MR) is 230 cm³/mol. The van der Waals surface area contributed by atoms with Crippen LogP contribution in [0.4, 0.5) is 0 Å². The first-order valence-corrected chi connectivity index (χ1v) is 24.7. The molecule has 8 aliphatic rings. The van der Waals surface area contributed by atoms with E-state index in [4.69, 9.17) is 14.6 Å². The van der Waals surface area contributed by atoms with E-state index in [9.17, 15) is 40.2 Å². The molecule has 0 saturated heterocycles. The summed E-state index contributed by atoms with van der Waals surface area (Å²) in [5.74, 6) is 2.60. The summed E-state index contributed by atoms with van der Waals surface area (Å²) < 4.78 is 9.87. The Kier molecular flexibility index (Phi) is 14.2. The lowest BCUT2D eigenvalue weighted by atomic mass is 9.43. The summed E-state index contributed by atoms with van der Waals surface area (Å²) >= 11 is 0. The van der Waals surface area contributed by atoms with E-state index in [-0.39, 0.29) is 83.0 Å². The first-order valence-electron chi connectivity index (χ1n) is 24.7. The van der Waals surface area contributed by atoms with Gasteiger partial charge in [0.25, 0.3) is 0 Å². The largest absolute Gasteiger partial charge is 0.481 e. The summed E-state index contributed by atoms with van der Waals surface area (Å²) in [6.45, 7) is 13.5. The van der Waals surface area contributed by atoms with Gasteiger partial charge in [0.05, 0.1) is 36.6 Å². The second-order valence-corrected chi connectivity index (χ2v) is 23.4. The minimum atomic E-state index is -0.748. The first kappa shape index (κ1) is 47.6. The molecule has 8 rings (SSSR count). The van der Waals surface area contributed by atoms with Crippen molar-refractivity contribution < 1.29 is 54.8 Å². The number of esters is 1. The molecule has 8 saturated carbocycles. The zero-order valence-corrected chi connectivity index (χ0v) is 38.6. The van der Waals surface area contributed by atoms with E-state index in [0.717, 1.165) is 96.3 Å². The molecule has 0 radical (unpaired) electrons. The van der Waals surface area contributed by atoms with Gasteiger partial charge in [-0.3, -0.25) is 9.59 Å². The summed E-state index contributed by atoms with van der Waals surface area (Å²) in [4.78, 5) is 23.0. The zero-order chi connectivity index (χ0) is 44.4. The Morgan fingerprint density at radius 3 is 1.43 bits per heavy atom. The Morgan fingerprint density at radius 2 is 1.02 bits per heavy atom. The number of methoxy groups -OCH3 is 1. The van der Waals surface area contributed by atoms with E-state index >= 15 is 0 Å². The topological polar surface area (TPSA) is 194 Å². The molecule has 350 valence electrons. The molecular weight excluding hydrogens is 777 g/mol. The third-order valence-corrected chi connectivity index (χ3v) is 21.0. The SMILES string of the molecule is COCOC(=O)CC[C@@H](C)[C@H]1CCC2[C@@H]3[C@H](O)C[C@@H]4C[C@H](O)CC[C@]4(C)[C@H]3C[C@H](O)[C@@]21C.C[C@H](CCC(=O)O)[C@H]1CCC2C3C(O)CC4CC(O)CC[C@]4(C)C3CC(O)[C@@]21C. The Morgan fingerprint density at radius 1 is 0.590 bits per heavy atom. The summed E-state index contributed by atoms with van der Waals surface area (Å²) in [7, 11) is 1.50. The van der Waals surface area contributed by atoms with E-state index in [0.29, 0.717) is 66.1 Å². The average Bonchev–Trinajstić information content (AvgIpc) is 3.76. The van der Waals surface area contributed by atoms with Crippen molar-refractivity contribution in [1.29, 1.82) is 0 Å². The lowest BCUT2D eigenvalue weighted by Gasteiger charge is -2.63. The quantitative estimate of drug-likeness (QED) is 0.0887. The highest BCUT2D eigenvalue weighted by Crippen LogP contribution is 2.70. The van der Waals surface area contributed by atoms with Gasteiger partial charge in [-0.1, -0.05) is 41.5 Å². The molecule has 8 unspecified atom stereocenters. The fourth-order valence-corrected chi connectivity index (χ4v) is 17.6. The molecule has 0 aromatic carbocycles. The van der Waals surface area contributed by atoms with Crippen molar-refractivity contribution in [3.05, 3.63) is 0 Å². The molecule has 0 aromatic heterocycles. The lowest BCUT2D eigenvalue weighted by molar-refractivity contribution is -0.207. The summed E-state index contributed by atoms with van der Waals surface area (Å²) in [5.41, 5.74) is -0.272. The monoisotopic (exact) mass is 861 g/mol. The Bertz CT molecular complexity index is 1540. The standard InChI is InChI=1S/C26H44O6.C24H40O5/c1-15(5-8-23(30)32-14-31-4)18-6-7-19-24-20(13-22(29)26(18,19)3)25(2)10-9-17(27)11-16(25)12-21(24)28;1-13(4-7-21(28)29)16-5-6-17-22-18(12-20(27)24(16,17)3)23(2)9-8-15(25)10-14(23)11-19(22)26/h15-22,24,27-29H,5-14H2,1-4H3;13-20,22,25-27H,4-12H2,1-3H3,(H,28,29)/t15-,16+,17-,18-,19?,20+,21-,22+,24+,25+,26-;13-,14?,15?,16-,17?,18?,19?,20?,22?,23+,24-/m11/s1. The molecule has 7 N–H and O–H groups in total. The third-order valence-electron chi connectivity index (χ3n) is 21.0. The molecule has 8 fully saturated rings. The number of ether oxygens (including phenoxy) is 2. The highest BCUT2D eigenvalue weighted by Gasteiger charge is 2.67. The van der Waals surface area contributed by atoms with Crippen LogP contribution in [0.15, 0.2) is 0 Å². The van der Waals surface area contributed by atoms with Crippen LogP contribution in [0.5, 0.6) is 0 Å². The highest BCUT2D eigenvalue weighted by atomic mass is 16.7. The fraction of sp³-hybridized carbons (Fsp3) is 0.960. The van der Waals surface area contributed by atoms with Crippen LogP contribution in [0.1, 0.15) is 157 Å². The maximum atomic E-state index is 12.0. The van der Waals surface area contributed by atoms with Crippen molar-refractivity contribution in [2.24, 2.45) is 92.7 Å². The van der Waals surface area contributed by atoms with Gasteiger partial charge in [-0.2, -0.15) is 0 Å². The van der Waals surface area contributed by atoms with Gasteiger partial charge in [0, 0.05) is 20.0 Å². The molecule has 0 bridgehead atoms. The first-order chi connectivity index (χ1) is 28.7. The zero-order valence-electron chi connectivity index (χ0n) is 38.6. The minimum Gasteiger partial charge on any atom is -0.481 e. The van der Waals surface area contributed by atoms with Crippen molar-refractivity contribution >= 4 is 11.9 Å². The van der Waals surface area contributed by atoms with Crippen molar-refractivity contribution in [2.75, 3.05) is 13.9 Å². The van der Waals surface area contributed by atoms with Gasteiger partial charge in [-0.25, -0.2) is 0 Å². The molecule has 0 spiro atoms. The highest BCUT2D eigenvalue weighted by molar-refractivity contribution is 5.69. The van der Waals surface area contributed by atoms with Crippen LogP contribution in [0, 0.1) is 92.7 Å². The number of rotatable bonds is 10. The molecule has 11 nitrogen and oxygen atoms in total. The minimum absolute atomic E-state index is 0.00705. The number of carboxylic acid groups (broad SMARTS) is 1. The number of aliphatic hydroxyl groups is 6. The van der Waals surface area contributed by atoms with E-state index in [1.54, 1.807) is 0 Å². The van der Waals surface area contributed by atoms with Gasteiger partial charge >= 0.3 is 11.9 Å². The Hall–Kier alpha value is -1.34. The lowest BCUT2D eigenvalue weighted by Crippen LogP contribution is -2.62. The average molecular weight is 861 g/mol. The number of carbonyl (C=O) groups is 2. The van der Waals surface area contributed by atoms with Crippen LogP contribution in [0.25, 0.3) is 0 Å². The van der Waals surface area contributed by atoms with Crippen molar-refractivity contribution in [3.8, 4) is 0 Å². The molecule has 0 aliphatic heterocycles. The van der Waals surface area contributed by atoms with Gasteiger partial charge < -0.3 is 45.2 Å². The number of fused-ring (bicyclic) bond motifs is 10. The van der Waals surface area contributed by atoms with E-state index < -0.39 is 18.2 Å². The summed E-state index contributed by atoms with van der Waals surface area (Å²) in [6, 6.07) is 0. The molecule has 11 heteroatoms. The molecule has 8 aliphatic carbocycles. The van der Waals surface area contributed by atoms with Crippen molar-refractivity contribution in [2.45, 2.75) is 194 Å². The third kappa shape index (κ3) is 8.30. The number of carboxylic acids is 1. The normalized spacial score (nSPS) is 50.8. The molecule has 0 aromatic rings. The number of aliphatic carboxylic acids is 1. The molecule has 22 atom stereocenters. The second kappa shape index (κ2) is 18.1. The van der Waals surface area contributed by atoms with E-state index in [2.05, 4.69) is 41.5 Å². The molecular formula is C50H84O11. The van der Waals surface area contributed by atoms with Crippen molar-refractivity contribution in [3.63, 3.8) is 0 Å². The summed E-state index contributed by atoms with van der Waals surface area (Å²) in [6.07, 6.45) is 12.4. The Labute approximate surface area is 366 Å². The smallest absolute Gasteiger partial charge is 0.307 e. The maximum Gasteiger partial charge on any atom is 0.307 e. The number of hydrogen-bond donors (Lipinski definition) is 7. The molecule has 0 amide bonds. The molecule has 61 heavy (non-hydrogen) atoms. The molecule has 0 heterocycles. The fourth-order valence-electron chi connectivity index (χ4n) is 17.6. The predicted octanol–water partition coefficient (Wildman–Crippen LogP) is 6.96. The van der Waals surface area contributed by atoms with Crippen LogP contribution >= 0.6 is 0 Å². The Balaban J connectivity index is 0.000000185. The van der Waals surface area contributed by atoms with Crippen LogP contribution in [0.3, 0.4) is 0 Å². The number of carbonyl (C=O) groups excluding carboxylic acids is 1. The van der Waals surface area contributed by atoms with Crippen LogP contribution < -0.4 is 0 Å². The van der Waals surface area contributed by atoms with Crippen LogP contribution in [-0.4, -0.2) is 98.2 Å². The van der Waals surface area contributed by atoms with E-state index in [1.807, 2.05) is 0 Å². The van der Waals surface area contributed by atoms with E-state index in [1.165, 1.54) is 7.11 Å². The van der Waals surface area contributed by atoms with Crippen LogP contribution in [-0.2, 0) is 19.1 Å². The second-order valence-electron chi connectivity index (χ2n) is 23.4. The number of hydrogen-bond acceptors (Lipinski definition) is 10. The van der Waals surface area contributed by atoms with Gasteiger partial charge in [0.15, 0.2) is 6.79 Å². The van der Waals surface area contributed by atoms with Crippen LogP contribution in [0.2, 0.25) is 0 Å². The maximum absolute atomic E-state index is 12.0.